The molecule has 6 heteroatoms. The molecule has 0 amide bonds. The van der Waals surface area contributed by atoms with E-state index in [1.54, 1.807) is 4.68 Å². The minimum absolute atomic E-state index is 0.616. The van der Waals surface area contributed by atoms with Gasteiger partial charge in [0, 0.05) is 12.6 Å². The van der Waals surface area contributed by atoms with E-state index >= 15 is 0 Å². The third-order valence-electron chi connectivity index (χ3n) is 2.54. The van der Waals surface area contributed by atoms with E-state index in [0.29, 0.717) is 11.7 Å². The second-order valence-electron chi connectivity index (χ2n) is 3.84. The summed E-state index contributed by atoms with van der Waals surface area (Å²) in [7, 11) is 1.83. The Morgan fingerprint density at radius 1 is 1.19 bits per heavy atom. The van der Waals surface area contributed by atoms with Crippen LogP contribution in [0.25, 0.3) is 0 Å². The fourth-order valence-electron chi connectivity index (χ4n) is 1.71. The van der Waals surface area contributed by atoms with Crippen LogP contribution >= 0.6 is 11.6 Å². The van der Waals surface area contributed by atoms with E-state index in [0.717, 1.165) is 22.9 Å². The largest absolute Gasteiger partial charge is 0.256 e. The molecule has 16 heavy (non-hydrogen) atoms. The number of hydrogen-bond donors (Lipinski definition) is 0. The van der Waals surface area contributed by atoms with Crippen molar-refractivity contribution in [2.24, 2.45) is 7.05 Å². The number of aryl methyl sites for hydroxylation is 4. The maximum absolute atomic E-state index is 6.16. The Bertz CT molecular complexity index is 526. The molecule has 2 aromatic rings. The van der Waals surface area contributed by atoms with Crippen LogP contribution in [0, 0.1) is 20.8 Å². The number of hydrogen-bond acceptors (Lipinski definition) is 3. The van der Waals surface area contributed by atoms with E-state index < -0.39 is 0 Å². The van der Waals surface area contributed by atoms with E-state index in [1.807, 2.05) is 32.5 Å². The zero-order chi connectivity index (χ0) is 11.9. The molecule has 0 unspecified atom stereocenters. The average Bonchev–Trinajstić information content (AvgIpc) is 2.62. The van der Waals surface area contributed by atoms with Gasteiger partial charge in [0.2, 0.25) is 0 Å². The molecule has 0 aliphatic carbocycles. The lowest BCUT2D eigenvalue weighted by Crippen LogP contribution is -2.05. The van der Waals surface area contributed by atoms with Crippen LogP contribution in [0.3, 0.4) is 0 Å². The standard InChI is InChI=1S/C10H14ClN5/c1-6-9(10(11)15(4)13-6)5-16-8(3)12-7(2)14-16/h5H2,1-4H3. The summed E-state index contributed by atoms with van der Waals surface area (Å²) in [5.74, 6) is 1.66. The SMILES string of the molecule is Cc1nc(C)n(Cc2c(C)nn(C)c2Cl)n1. The van der Waals surface area contributed by atoms with E-state index in [2.05, 4.69) is 15.2 Å². The normalized spacial score (nSPS) is 11.1. The van der Waals surface area contributed by atoms with Crippen LogP contribution in [-0.2, 0) is 13.6 Å². The molecule has 0 spiro atoms. The van der Waals surface area contributed by atoms with Crippen molar-refractivity contribution < 1.29 is 0 Å². The fraction of sp³-hybridized carbons (Fsp3) is 0.500. The molecule has 0 aromatic carbocycles. The molecule has 0 saturated carbocycles. The van der Waals surface area contributed by atoms with Crippen LogP contribution < -0.4 is 0 Å². The van der Waals surface area contributed by atoms with Crippen molar-refractivity contribution in [3.05, 3.63) is 28.1 Å². The lowest BCUT2D eigenvalue weighted by Gasteiger charge is -2.02. The second-order valence-corrected chi connectivity index (χ2v) is 4.20. The van der Waals surface area contributed by atoms with Gasteiger partial charge < -0.3 is 0 Å². The van der Waals surface area contributed by atoms with Crippen molar-refractivity contribution in [1.29, 1.82) is 0 Å². The molecule has 0 saturated heterocycles. The number of aromatic nitrogens is 5. The van der Waals surface area contributed by atoms with Crippen LogP contribution in [0.5, 0.6) is 0 Å². The number of rotatable bonds is 2. The van der Waals surface area contributed by atoms with Gasteiger partial charge >= 0.3 is 0 Å². The minimum Gasteiger partial charge on any atom is -0.256 e. The summed E-state index contributed by atoms with van der Waals surface area (Å²) >= 11 is 6.16. The van der Waals surface area contributed by atoms with Crippen LogP contribution in [0.1, 0.15) is 22.9 Å². The third-order valence-corrected chi connectivity index (χ3v) is 3.01. The molecule has 0 N–H and O–H groups in total. The van der Waals surface area contributed by atoms with Gasteiger partial charge in [-0.1, -0.05) is 11.6 Å². The van der Waals surface area contributed by atoms with Crippen molar-refractivity contribution in [3.63, 3.8) is 0 Å². The van der Waals surface area contributed by atoms with Gasteiger partial charge in [0.1, 0.15) is 16.8 Å². The minimum atomic E-state index is 0.616. The molecule has 2 heterocycles. The van der Waals surface area contributed by atoms with Crippen LogP contribution in [0.4, 0.5) is 0 Å². The molecule has 0 fully saturated rings. The van der Waals surface area contributed by atoms with Gasteiger partial charge in [-0.2, -0.15) is 10.2 Å². The summed E-state index contributed by atoms with van der Waals surface area (Å²) in [4.78, 5) is 4.25. The summed E-state index contributed by atoms with van der Waals surface area (Å²) in [6.07, 6.45) is 0. The summed E-state index contributed by atoms with van der Waals surface area (Å²) < 4.78 is 3.51. The topological polar surface area (TPSA) is 48.5 Å². The molecule has 0 atom stereocenters. The first-order valence-corrected chi connectivity index (χ1v) is 5.43. The smallest absolute Gasteiger partial charge is 0.147 e. The molecular weight excluding hydrogens is 226 g/mol. The van der Waals surface area contributed by atoms with Gasteiger partial charge in [0.15, 0.2) is 0 Å². The van der Waals surface area contributed by atoms with E-state index in [4.69, 9.17) is 11.6 Å². The van der Waals surface area contributed by atoms with Gasteiger partial charge in [0.25, 0.3) is 0 Å². The van der Waals surface area contributed by atoms with Crippen molar-refractivity contribution in [2.75, 3.05) is 0 Å². The Kier molecular flexibility index (Phi) is 2.71. The predicted octanol–water partition coefficient (Wildman–Crippen LogP) is 1.64. The zero-order valence-electron chi connectivity index (χ0n) is 9.82. The van der Waals surface area contributed by atoms with Crippen molar-refractivity contribution in [3.8, 4) is 0 Å². The van der Waals surface area contributed by atoms with Gasteiger partial charge in [-0.15, -0.1) is 0 Å². The molecule has 2 aromatic heterocycles. The van der Waals surface area contributed by atoms with Crippen LogP contribution in [0.2, 0.25) is 5.15 Å². The van der Waals surface area contributed by atoms with Crippen molar-refractivity contribution in [2.45, 2.75) is 27.3 Å². The molecular formula is C10H14ClN5. The maximum atomic E-state index is 6.16. The zero-order valence-corrected chi connectivity index (χ0v) is 10.6. The summed E-state index contributed by atoms with van der Waals surface area (Å²) in [6.45, 7) is 6.37. The second kappa shape index (κ2) is 3.90. The Balaban J connectivity index is 2.37. The highest BCUT2D eigenvalue weighted by Crippen LogP contribution is 2.19. The summed E-state index contributed by atoms with van der Waals surface area (Å²) in [6, 6.07) is 0. The maximum Gasteiger partial charge on any atom is 0.147 e. The van der Waals surface area contributed by atoms with E-state index in [-0.39, 0.29) is 0 Å². The first-order valence-electron chi connectivity index (χ1n) is 5.05. The number of nitrogens with zero attached hydrogens (tertiary/aromatic N) is 5. The molecule has 0 aliphatic heterocycles. The Morgan fingerprint density at radius 3 is 2.31 bits per heavy atom. The van der Waals surface area contributed by atoms with Gasteiger partial charge in [0.05, 0.1) is 12.2 Å². The molecule has 86 valence electrons. The molecule has 5 nitrogen and oxygen atoms in total. The summed E-state index contributed by atoms with van der Waals surface area (Å²) in [5, 5.41) is 9.23. The Labute approximate surface area is 99.1 Å². The Hall–Kier alpha value is -1.36. The van der Waals surface area contributed by atoms with Crippen molar-refractivity contribution in [1.82, 2.24) is 24.5 Å². The lowest BCUT2D eigenvalue weighted by atomic mass is 10.2. The number of halogens is 1. The highest BCUT2D eigenvalue weighted by molar-refractivity contribution is 6.30. The summed E-state index contributed by atoms with van der Waals surface area (Å²) in [5.41, 5.74) is 1.93. The highest BCUT2D eigenvalue weighted by Gasteiger charge is 2.13. The first-order chi connectivity index (χ1) is 7.49. The fourth-order valence-corrected chi connectivity index (χ4v) is 1.95. The monoisotopic (exact) mass is 239 g/mol. The lowest BCUT2D eigenvalue weighted by molar-refractivity contribution is 0.653. The van der Waals surface area contributed by atoms with Crippen LogP contribution in [-0.4, -0.2) is 24.5 Å². The highest BCUT2D eigenvalue weighted by atomic mass is 35.5. The van der Waals surface area contributed by atoms with E-state index in [1.165, 1.54) is 0 Å². The Morgan fingerprint density at radius 2 is 1.88 bits per heavy atom. The first kappa shape index (κ1) is 11.1. The molecule has 2 rings (SSSR count). The molecule has 0 radical (unpaired) electrons. The van der Waals surface area contributed by atoms with Crippen LogP contribution in [0.15, 0.2) is 0 Å². The van der Waals surface area contributed by atoms with Crippen molar-refractivity contribution >= 4 is 11.6 Å². The molecule has 0 aliphatic rings. The van der Waals surface area contributed by atoms with Gasteiger partial charge in [-0.05, 0) is 20.8 Å². The van der Waals surface area contributed by atoms with Gasteiger partial charge in [-0.3, -0.25) is 4.68 Å². The van der Waals surface area contributed by atoms with E-state index in [9.17, 15) is 0 Å². The van der Waals surface area contributed by atoms with Gasteiger partial charge in [-0.25, -0.2) is 9.67 Å². The average molecular weight is 240 g/mol. The predicted molar refractivity (Wildman–Crippen MR) is 61.6 cm³/mol. The third kappa shape index (κ3) is 1.82. The quantitative estimate of drug-likeness (QED) is 0.801. The molecule has 0 bridgehead atoms.